The molecule has 0 unspecified atom stereocenters. The highest BCUT2D eigenvalue weighted by Crippen LogP contribution is 2.31. The average molecular weight is 365 g/mol. The molecule has 0 radical (unpaired) electrons. The number of rotatable bonds is 8. The minimum atomic E-state index is -0.388. The summed E-state index contributed by atoms with van der Waals surface area (Å²) in [5.41, 5.74) is 6.95. The Morgan fingerprint density at radius 2 is 2.12 bits per heavy atom. The number of amides is 2. The Hall–Kier alpha value is -2.06. The number of primary amides is 1. The maximum Gasteiger partial charge on any atom is 0.264 e. The monoisotopic (exact) mass is 365 g/mol. The van der Waals surface area contributed by atoms with Gasteiger partial charge < -0.3 is 10.5 Å². The van der Waals surface area contributed by atoms with Gasteiger partial charge >= 0.3 is 0 Å². The van der Waals surface area contributed by atoms with Crippen LogP contribution in [0.2, 0.25) is 0 Å². The summed E-state index contributed by atoms with van der Waals surface area (Å²) >= 11 is 2.63. The summed E-state index contributed by atoms with van der Waals surface area (Å²) in [5.74, 6) is 0.235. The van der Waals surface area contributed by atoms with E-state index >= 15 is 0 Å². The number of thioether (sulfide) groups is 1. The van der Waals surface area contributed by atoms with Crippen LogP contribution in [0.3, 0.4) is 0 Å². The number of aryl methyl sites for hydroxylation is 2. The molecule has 6 nitrogen and oxygen atoms in total. The molecular formula is C16H19N3O3S2. The Labute approximate surface area is 148 Å². The molecule has 0 atom stereocenters. The van der Waals surface area contributed by atoms with E-state index in [-0.39, 0.29) is 24.2 Å². The lowest BCUT2D eigenvalue weighted by molar-refractivity contribution is -0.118. The largest absolute Gasteiger partial charge is 0.483 e. The smallest absolute Gasteiger partial charge is 0.264 e. The number of carbonyl (C=O) groups excluding carboxylic acids is 2. The molecule has 3 N–H and O–H groups in total. The van der Waals surface area contributed by atoms with Crippen molar-refractivity contribution in [3.05, 3.63) is 35.5 Å². The van der Waals surface area contributed by atoms with E-state index in [1.54, 1.807) is 0 Å². The third-order valence-electron chi connectivity index (χ3n) is 3.06. The highest BCUT2D eigenvalue weighted by atomic mass is 32.2. The van der Waals surface area contributed by atoms with Crippen LogP contribution in [0.15, 0.2) is 28.5 Å². The number of carbonyl (C=O) groups is 2. The van der Waals surface area contributed by atoms with Gasteiger partial charge in [-0.3, -0.25) is 14.9 Å². The maximum atomic E-state index is 12.0. The second kappa shape index (κ2) is 8.70. The Morgan fingerprint density at radius 1 is 1.38 bits per heavy atom. The first kappa shape index (κ1) is 18.3. The van der Waals surface area contributed by atoms with E-state index in [2.05, 4.69) is 10.3 Å². The second-order valence-corrected chi connectivity index (χ2v) is 7.19. The zero-order valence-electron chi connectivity index (χ0n) is 13.5. The van der Waals surface area contributed by atoms with E-state index in [0.717, 1.165) is 21.9 Å². The van der Waals surface area contributed by atoms with E-state index in [4.69, 9.17) is 10.5 Å². The van der Waals surface area contributed by atoms with Crippen LogP contribution < -0.4 is 15.8 Å². The van der Waals surface area contributed by atoms with Crippen LogP contribution in [0.5, 0.6) is 5.75 Å². The first-order valence-corrected chi connectivity index (χ1v) is 9.19. The standard InChI is InChI=1S/C16H19N3O3S2/c1-3-11-6-4-5-7-12(11)22-8-14(21)19-16-18-10(2)15(24-16)23-9-13(17)20/h4-7H,3,8-9H2,1-2H3,(H2,17,20)(H,18,19,21). The summed E-state index contributed by atoms with van der Waals surface area (Å²) in [4.78, 5) is 27.1. The van der Waals surface area contributed by atoms with E-state index in [1.807, 2.05) is 38.1 Å². The van der Waals surface area contributed by atoms with Crippen molar-refractivity contribution in [3.8, 4) is 5.75 Å². The van der Waals surface area contributed by atoms with Crippen molar-refractivity contribution >= 4 is 40.0 Å². The number of benzene rings is 1. The van der Waals surface area contributed by atoms with Gasteiger partial charge in [-0.1, -0.05) is 36.5 Å². The van der Waals surface area contributed by atoms with Crippen LogP contribution in [0.1, 0.15) is 18.2 Å². The van der Waals surface area contributed by atoms with E-state index in [9.17, 15) is 9.59 Å². The van der Waals surface area contributed by atoms with Gasteiger partial charge in [0.1, 0.15) is 5.75 Å². The Balaban J connectivity index is 1.90. The molecule has 0 saturated carbocycles. The predicted octanol–water partition coefficient (Wildman–Crippen LogP) is 2.61. The van der Waals surface area contributed by atoms with Gasteiger partial charge in [0.25, 0.3) is 5.91 Å². The van der Waals surface area contributed by atoms with E-state index < -0.39 is 0 Å². The maximum absolute atomic E-state index is 12.0. The summed E-state index contributed by atoms with van der Waals surface area (Å²) in [7, 11) is 0. The molecule has 0 aliphatic carbocycles. The molecule has 128 valence electrons. The fourth-order valence-corrected chi connectivity index (χ4v) is 3.84. The summed E-state index contributed by atoms with van der Waals surface area (Å²) in [6, 6.07) is 7.63. The Bertz CT molecular complexity index is 731. The van der Waals surface area contributed by atoms with E-state index in [1.165, 1.54) is 23.1 Å². The van der Waals surface area contributed by atoms with Gasteiger partial charge in [0, 0.05) is 0 Å². The quantitative estimate of drug-likeness (QED) is 0.701. The van der Waals surface area contributed by atoms with Crippen LogP contribution in [0, 0.1) is 6.92 Å². The number of anilines is 1. The van der Waals surface area contributed by atoms with Crippen LogP contribution >= 0.6 is 23.1 Å². The zero-order chi connectivity index (χ0) is 17.5. The molecule has 0 fully saturated rings. The highest BCUT2D eigenvalue weighted by molar-refractivity contribution is 8.01. The van der Waals surface area contributed by atoms with Gasteiger partial charge in [0.05, 0.1) is 15.7 Å². The van der Waals surface area contributed by atoms with Crippen molar-refractivity contribution < 1.29 is 14.3 Å². The summed E-state index contributed by atoms with van der Waals surface area (Å²) in [6.45, 7) is 3.77. The first-order chi connectivity index (χ1) is 11.5. The van der Waals surface area contributed by atoms with Crippen LogP contribution in [-0.2, 0) is 16.0 Å². The topological polar surface area (TPSA) is 94.3 Å². The number of hydrogen-bond acceptors (Lipinski definition) is 6. The molecule has 2 rings (SSSR count). The van der Waals surface area contributed by atoms with E-state index in [0.29, 0.717) is 10.9 Å². The molecule has 1 aromatic heterocycles. The molecule has 8 heteroatoms. The van der Waals surface area contributed by atoms with Crippen LogP contribution in [0.4, 0.5) is 5.13 Å². The van der Waals surface area contributed by atoms with Gasteiger partial charge in [0.2, 0.25) is 5.91 Å². The summed E-state index contributed by atoms with van der Waals surface area (Å²) in [6.07, 6.45) is 0.837. The molecule has 0 aliphatic rings. The second-order valence-electron chi connectivity index (χ2n) is 4.95. The number of para-hydroxylation sites is 1. The number of hydrogen-bond donors (Lipinski definition) is 2. The van der Waals surface area contributed by atoms with Crippen molar-refractivity contribution in [1.82, 2.24) is 4.98 Å². The molecule has 1 heterocycles. The predicted molar refractivity (Wildman–Crippen MR) is 96.7 cm³/mol. The van der Waals surface area contributed by atoms with Gasteiger partial charge in [-0.25, -0.2) is 4.98 Å². The first-order valence-electron chi connectivity index (χ1n) is 7.38. The van der Waals surface area contributed by atoms with Gasteiger partial charge in [-0.2, -0.15) is 0 Å². The number of nitrogens with one attached hydrogen (secondary N) is 1. The Morgan fingerprint density at radius 3 is 2.83 bits per heavy atom. The highest BCUT2D eigenvalue weighted by Gasteiger charge is 2.12. The summed E-state index contributed by atoms with van der Waals surface area (Å²) in [5, 5.41) is 3.20. The number of nitrogens with zero attached hydrogens (tertiary/aromatic N) is 1. The van der Waals surface area contributed by atoms with Crippen molar-refractivity contribution in [1.29, 1.82) is 0 Å². The minimum absolute atomic E-state index is 0.0839. The zero-order valence-corrected chi connectivity index (χ0v) is 15.1. The molecule has 1 aromatic carbocycles. The summed E-state index contributed by atoms with van der Waals surface area (Å²) < 4.78 is 6.44. The lowest BCUT2D eigenvalue weighted by Crippen LogP contribution is -2.20. The van der Waals surface area contributed by atoms with Crippen molar-refractivity contribution in [2.24, 2.45) is 5.73 Å². The minimum Gasteiger partial charge on any atom is -0.483 e. The average Bonchev–Trinajstić information content (AvgIpc) is 2.90. The number of nitrogens with two attached hydrogens (primary N) is 1. The van der Waals surface area contributed by atoms with Crippen molar-refractivity contribution in [2.75, 3.05) is 17.7 Å². The molecular weight excluding hydrogens is 346 g/mol. The molecule has 2 amide bonds. The number of thiazole rings is 1. The number of aromatic nitrogens is 1. The molecule has 2 aromatic rings. The van der Waals surface area contributed by atoms with Crippen molar-refractivity contribution in [2.45, 2.75) is 24.5 Å². The van der Waals surface area contributed by atoms with Crippen LogP contribution in [-0.4, -0.2) is 29.2 Å². The fourth-order valence-electron chi connectivity index (χ4n) is 1.94. The molecule has 0 bridgehead atoms. The van der Waals surface area contributed by atoms with Crippen molar-refractivity contribution in [3.63, 3.8) is 0 Å². The fraction of sp³-hybridized carbons (Fsp3) is 0.312. The molecule has 0 aliphatic heterocycles. The van der Waals surface area contributed by atoms with Gasteiger partial charge in [0.15, 0.2) is 11.7 Å². The Kier molecular flexibility index (Phi) is 6.62. The lowest BCUT2D eigenvalue weighted by Gasteiger charge is -2.09. The lowest BCUT2D eigenvalue weighted by atomic mass is 10.1. The third-order valence-corrected chi connectivity index (χ3v) is 5.52. The molecule has 0 spiro atoms. The normalized spacial score (nSPS) is 10.4. The SMILES string of the molecule is CCc1ccccc1OCC(=O)Nc1nc(C)c(SCC(N)=O)s1. The van der Waals surface area contributed by atoms with Gasteiger partial charge in [-0.15, -0.1) is 11.8 Å². The molecule has 0 saturated heterocycles. The molecule has 24 heavy (non-hydrogen) atoms. The number of ether oxygens (including phenoxy) is 1. The van der Waals surface area contributed by atoms with Crippen LogP contribution in [0.25, 0.3) is 0 Å². The third kappa shape index (κ3) is 5.24. The van der Waals surface area contributed by atoms with Gasteiger partial charge in [-0.05, 0) is 25.0 Å².